The minimum atomic E-state index is -0.719. The molecular weight excluding hydrogens is 422 g/mol. The first kappa shape index (κ1) is 25.8. The van der Waals surface area contributed by atoms with Crippen LogP contribution in [0.5, 0.6) is 0 Å². The molecule has 0 aliphatic carbocycles. The molecule has 1 aliphatic heterocycles. The quantitative estimate of drug-likeness (QED) is 0.582. The second-order valence-electron chi connectivity index (χ2n) is 8.83. The van der Waals surface area contributed by atoms with Gasteiger partial charge in [-0.25, -0.2) is 4.79 Å². The highest BCUT2D eigenvalue weighted by Crippen LogP contribution is 2.27. The zero-order valence-electron chi connectivity index (χ0n) is 19.9. The van der Waals surface area contributed by atoms with Crippen LogP contribution in [0.2, 0.25) is 0 Å². The van der Waals surface area contributed by atoms with Crippen LogP contribution >= 0.6 is 0 Å². The standard InChI is InChI=1S/C25H33N3O5/c1-6-7-13-20-22(27-21(30)16-26-24(32)33-25(3,4)5)19(14-15-28(20)17(2)29)23(31)18-11-9-8-10-12-18/h8-12,14-15,20H,6-7,13,16H2,1-5H3,(H,26,32)(H,27,30). The maximum absolute atomic E-state index is 13.3. The van der Waals surface area contributed by atoms with Gasteiger partial charge < -0.3 is 20.3 Å². The van der Waals surface area contributed by atoms with E-state index in [-0.39, 0.29) is 18.2 Å². The maximum Gasteiger partial charge on any atom is 0.408 e. The fraction of sp³-hybridized carbons (Fsp3) is 0.440. The number of Topliss-reactive ketones (excluding diaryl/α,β-unsaturated/α-hetero) is 1. The lowest BCUT2D eigenvalue weighted by molar-refractivity contribution is -0.128. The first-order valence-electron chi connectivity index (χ1n) is 11.1. The third-order valence-electron chi connectivity index (χ3n) is 4.90. The van der Waals surface area contributed by atoms with Gasteiger partial charge in [-0.2, -0.15) is 0 Å². The molecule has 33 heavy (non-hydrogen) atoms. The van der Waals surface area contributed by atoms with Gasteiger partial charge in [0.25, 0.3) is 0 Å². The first-order chi connectivity index (χ1) is 15.5. The molecule has 178 valence electrons. The summed E-state index contributed by atoms with van der Waals surface area (Å²) in [5.74, 6) is -0.973. The molecule has 8 nitrogen and oxygen atoms in total. The normalized spacial score (nSPS) is 15.8. The second kappa shape index (κ2) is 11.4. The highest BCUT2D eigenvalue weighted by Gasteiger charge is 2.32. The van der Waals surface area contributed by atoms with E-state index in [1.54, 1.807) is 57.3 Å². The molecule has 1 aromatic carbocycles. The molecule has 8 heteroatoms. The van der Waals surface area contributed by atoms with Crippen molar-refractivity contribution >= 4 is 23.7 Å². The van der Waals surface area contributed by atoms with Crippen LogP contribution in [0.15, 0.2) is 53.9 Å². The fourth-order valence-corrected chi connectivity index (χ4v) is 3.43. The summed E-state index contributed by atoms with van der Waals surface area (Å²) in [5.41, 5.74) is 0.442. The summed E-state index contributed by atoms with van der Waals surface area (Å²) in [6.45, 7) is 8.30. The molecule has 0 radical (unpaired) electrons. The number of rotatable bonds is 8. The number of ether oxygens (including phenoxy) is 1. The molecule has 0 fully saturated rings. The summed E-state index contributed by atoms with van der Waals surface area (Å²) in [5, 5.41) is 5.20. The number of allylic oxidation sites excluding steroid dienone is 2. The fourth-order valence-electron chi connectivity index (χ4n) is 3.43. The number of nitrogens with one attached hydrogen (secondary N) is 2. The molecule has 0 spiro atoms. The van der Waals surface area contributed by atoms with E-state index in [1.807, 2.05) is 13.0 Å². The van der Waals surface area contributed by atoms with Crippen molar-refractivity contribution in [2.75, 3.05) is 6.54 Å². The Hall–Kier alpha value is -3.42. The van der Waals surface area contributed by atoms with E-state index in [1.165, 1.54) is 11.8 Å². The second-order valence-corrected chi connectivity index (χ2v) is 8.83. The third kappa shape index (κ3) is 7.59. The molecule has 0 bridgehead atoms. The van der Waals surface area contributed by atoms with E-state index in [2.05, 4.69) is 10.6 Å². The van der Waals surface area contributed by atoms with Gasteiger partial charge in [0, 0.05) is 24.3 Å². The summed E-state index contributed by atoms with van der Waals surface area (Å²) < 4.78 is 5.16. The zero-order valence-corrected chi connectivity index (χ0v) is 19.9. The van der Waals surface area contributed by atoms with Crippen LogP contribution in [0.1, 0.15) is 64.2 Å². The van der Waals surface area contributed by atoms with E-state index < -0.39 is 23.6 Å². The number of hydrogen-bond donors (Lipinski definition) is 2. The molecule has 0 saturated heterocycles. The predicted octanol–water partition coefficient (Wildman–Crippen LogP) is 3.70. The van der Waals surface area contributed by atoms with Crippen molar-refractivity contribution < 1.29 is 23.9 Å². The van der Waals surface area contributed by atoms with Crippen LogP contribution in [-0.2, 0) is 14.3 Å². The molecule has 3 amide bonds. The number of alkyl carbamates (subject to hydrolysis) is 1. The van der Waals surface area contributed by atoms with Crippen molar-refractivity contribution in [1.82, 2.24) is 15.5 Å². The van der Waals surface area contributed by atoms with Crippen molar-refractivity contribution in [3.05, 3.63) is 59.4 Å². The number of ketones is 1. The predicted molar refractivity (Wildman–Crippen MR) is 125 cm³/mol. The van der Waals surface area contributed by atoms with Crippen LogP contribution in [-0.4, -0.2) is 46.8 Å². The summed E-state index contributed by atoms with van der Waals surface area (Å²) >= 11 is 0. The summed E-state index contributed by atoms with van der Waals surface area (Å²) in [4.78, 5) is 51.7. The van der Waals surface area contributed by atoms with Gasteiger partial charge >= 0.3 is 6.09 Å². The molecule has 1 aromatic rings. The average Bonchev–Trinajstić information content (AvgIpc) is 2.75. The lowest BCUT2D eigenvalue weighted by Crippen LogP contribution is -2.47. The lowest BCUT2D eigenvalue weighted by atomic mass is 9.92. The average molecular weight is 456 g/mol. The Bertz CT molecular complexity index is 945. The summed E-state index contributed by atoms with van der Waals surface area (Å²) in [6, 6.07) is 8.24. The van der Waals surface area contributed by atoms with E-state index >= 15 is 0 Å². The molecule has 2 rings (SSSR count). The van der Waals surface area contributed by atoms with E-state index in [0.717, 1.165) is 12.8 Å². The molecule has 0 aromatic heterocycles. The van der Waals surface area contributed by atoms with Crippen LogP contribution in [0, 0.1) is 0 Å². The number of carbonyl (C=O) groups is 4. The third-order valence-corrected chi connectivity index (χ3v) is 4.90. The van der Waals surface area contributed by atoms with E-state index in [4.69, 9.17) is 4.74 Å². The van der Waals surface area contributed by atoms with Gasteiger partial charge in [0.1, 0.15) is 12.1 Å². The number of benzene rings is 1. The van der Waals surface area contributed by atoms with Crippen molar-refractivity contribution in [1.29, 1.82) is 0 Å². The molecule has 0 saturated carbocycles. The van der Waals surface area contributed by atoms with Crippen molar-refractivity contribution in [2.24, 2.45) is 0 Å². The zero-order chi connectivity index (χ0) is 24.6. The smallest absolute Gasteiger partial charge is 0.408 e. The Morgan fingerprint density at radius 1 is 1.09 bits per heavy atom. The number of carbonyl (C=O) groups excluding carboxylic acids is 4. The van der Waals surface area contributed by atoms with Gasteiger partial charge in [0.05, 0.1) is 11.7 Å². The summed E-state index contributed by atoms with van der Waals surface area (Å²) in [7, 11) is 0. The Morgan fingerprint density at radius 2 is 1.76 bits per heavy atom. The van der Waals surface area contributed by atoms with Crippen molar-refractivity contribution in [2.45, 2.75) is 65.5 Å². The highest BCUT2D eigenvalue weighted by molar-refractivity contribution is 6.11. The molecule has 1 atom stereocenters. The maximum atomic E-state index is 13.3. The topological polar surface area (TPSA) is 105 Å². The largest absolute Gasteiger partial charge is 0.444 e. The lowest BCUT2D eigenvalue weighted by Gasteiger charge is -2.34. The Balaban J connectivity index is 2.34. The Labute approximate surface area is 195 Å². The van der Waals surface area contributed by atoms with Gasteiger partial charge in [-0.1, -0.05) is 50.1 Å². The number of amides is 3. The van der Waals surface area contributed by atoms with Crippen molar-refractivity contribution in [3.63, 3.8) is 0 Å². The van der Waals surface area contributed by atoms with E-state index in [0.29, 0.717) is 23.3 Å². The van der Waals surface area contributed by atoms with Gasteiger partial charge in [-0.3, -0.25) is 14.4 Å². The van der Waals surface area contributed by atoms with Crippen LogP contribution in [0.3, 0.4) is 0 Å². The van der Waals surface area contributed by atoms with Gasteiger partial charge in [-0.15, -0.1) is 0 Å². The van der Waals surface area contributed by atoms with Gasteiger partial charge in [0.15, 0.2) is 5.78 Å². The minimum Gasteiger partial charge on any atom is -0.444 e. The van der Waals surface area contributed by atoms with Crippen LogP contribution < -0.4 is 10.6 Å². The van der Waals surface area contributed by atoms with Gasteiger partial charge in [0.2, 0.25) is 11.8 Å². The molecule has 1 aliphatic rings. The monoisotopic (exact) mass is 455 g/mol. The first-order valence-corrected chi connectivity index (χ1v) is 11.1. The van der Waals surface area contributed by atoms with Crippen LogP contribution in [0.25, 0.3) is 0 Å². The van der Waals surface area contributed by atoms with Crippen molar-refractivity contribution in [3.8, 4) is 0 Å². The highest BCUT2D eigenvalue weighted by atomic mass is 16.6. The van der Waals surface area contributed by atoms with E-state index in [9.17, 15) is 19.2 Å². The number of unbranched alkanes of at least 4 members (excludes halogenated alkanes) is 1. The number of nitrogens with zero attached hydrogens (tertiary/aromatic N) is 1. The Kier molecular flexibility index (Phi) is 8.96. The van der Waals surface area contributed by atoms with Crippen LogP contribution in [0.4, 0.5) is 4.79 Å². The molecule has 2 N–H and O–H groups in total. The SMILES string of the molecule is CCCCC1C(NC(=O)CNC(=O)OC(C)(C)C)=C(C(=O)c2ccccc2)C=CN1C(C)=O. The summed E-state index contributed by atoms with van der Waals surface area (Å²) in [6.07, 6.45) is 4.67. The number of hydrogen-bond acceptors (Lipinski definition) is 5. The van der Waals surface area contributed by atoms with Gasteiger partial charge in [-0.05, 0) is 33.3 Å². The molecule has 1 heterocycles. The molecule has 1 unspecified atom stereocenters. The molecular formula is C25H33N3O5. The Morgan fingerprint density at radius 3 is 2.33 bits per heavy atom. The minimum absolute atomic E-state index is 0.197.